The Morgan fingerprint density at radius 1 is 1.30 bits per heavy atom. The van der Waals surface area contributed by atoms with Crippen LogP contribution in [0.3, 0.4) is 0 Å². The third-order valence-electron chi connectivity index (χ3n) is 2.67. The lowest BCUT2D eigenvalue weighted by molar-refractivity contribution is 0.0692. The van der Waals surface area contributed by atoms with Gasteiger partial charge >= 0.3 is 5.97 Å². The summed E-state index contributed by atoms with van der Waals surface area (Å²) >= 11 is 0. The molecule has 2 aromatic heterocycles. The number of carboxylic acids is 1. The van der Waals surface area contributed by atoms with Crippen molar-refractivity contribution >= 4 is 11.5 Å². The first-order valence-electron chi connectivity index (χ1n) is 5.64. The molecule has 3 aromatic rings. The summed E-state index contributed by atoms with van der Waals surface area (Å²) in [4.78, 5) is 14.8. The third-order valence-corrected chi connectivity index (χ3v) is 2.67. The molecule has 0 amide bonds. The molecule has 6 nitrogen and oxygen atoms in total. The maximum atomic E-state index is 13.6. The minimum absolute atomic E-state index is 0.161. The van der Waals surface area contributed by atoms with Crippen LogP contribution < -0.4 is 4.74 Å². The van der Waals surface area contributed by atoms with E-state index >= 15 is 0 Å². The summed E-state index contributed by atoms with van der Waals surface area (Å²) in [5, 5.41) is 12.8. The Kier molecular flexibility index (Phi) is 2.79. The molecule has 0 aliphatic rings. The lowest BCUT2D eigenvalue weighted by Crippen LogP contribution is -2.00. The molecule has 3 rings (SSSR count). The Morgan fingerprint density at radius 2 is 2.15 bits per heavy atom. The van der Waals surface area contributed by atoms with Gasteiger partial charge in [0.2, 0.25) is 5.88 Å². The van der Waals surface area contributed by atoms with Crippen LogP contribution in [0.4, 0.5) is 4.39 Å². The Bertz CT molecular complexity index is 800. The molecule has 1 aromatic carbocycles. The number of benzene rings is 1. The van der Waals surface area contributed by atoms with Gasteiger partial charge in [-0.2, -0.15) is 5.10 Å². The number of aromatic carboxylic acids is 1. The normalized spacial score (nSPS) is 10.7. The van der Waals surface area contributed by atoms with Crippen LogP contribution in [0, 0.1) is 5.82 Å². The van der Waals surface area contributed by atoms with E-state index in [0.717, 1.165) is 12.1 Å². The fourth-order valence-electron chi connectivity index (χ4n) is 1.76. The van der Waals surface area contributed by atoms with E-state index in [-0.39, 0.29) is 11.6 Å². The highest BCUT2D eigenvalue weighted by atomic mass is 19.1. The van der Waals surface area contributed by atoms with E-state index in [1.165, 1.54) is 12.3 Å². The summed E-state index contributed by atoms with van der Waals surface area (Å²) in [5.74, 6) is -1.78. The van der Waals surface area contributed by atoms with Gasteiger partial charge in [-0.1, -0.05) is 0 Å². The third kappa shape index (κ3) is 2.05. The molecule has 100 valence electrons. The molecule has 0 aliphatic heterocycles. The van der Waals surface area contributed by atoms with Crippen molar-refractivity contribution in [3.63, 3.8) is 0 Å². The first-order valence-corrected chi connectivity index (χ1v) is 5.64. The molecule has 2 heterocycles. The van der Waals surface area contributed by atoms with Crippen molar-refractivity contribution in [3.05, 3.63) is 54.2 Å². The molecule has 0 spiro atoms. The summed E-state index contributed by atoms with van der Waals surface area (Å²) in [6, 6.07) is 5.22. The smallest absolute Gasteiger partial charge is 0.338 e. The number of fused-ring (bicyclic) bond motifs is 1. The topological polar surface area (TPSA) is 76.7 Å². The quantitative estimate of drug-likeness (QED) is 0.792. The van der Waals surface area contributed by atoms with Gasteiger partial charge in [-0.05, 0) is 18.2 Å². The number of aromatic nitrogens is 3. The highest BCUT2D eigenvalue weighted by Gasteiger charge is 2.12. The predicted molar refractivity (Wildman–Crippen MR) is 66.4 cm³/mol. The van der Waals surface area contributed by atoms with Crippen LogP contribution in [-0.4, -0.2) is 25.7 Å². The SMILES string of the molecule is O=C(O)c1ccc(Oc2nccn3nccc23)cc1F. The molecule has 0 atom stereocenters. The summed E-state index contributed by atoms with van der Waals surface area (Å²) in [6.07, 6.45) is 4.73. The molecule has 0 aliphatic carbocycles. The van der Waals surface area contributed by atoms with Crippen molar-refractivity contribution in [3.8, 4) is 11.6 Å². The Morgan fingerprint density at radius 3 is 2.90 bits per heavy atom. The standard InChI is InChI=1S/C13H8FN3O3/c14-10-7-8(1-2-9(10)13(18)19)20-12-11-3-4-16-17(11)6-5-15-12/h1-7H,(H,18,19). The number of carboxylic acid groups (broad SMARTS) is 1. The van der Waals surface area contributed by atoms with Crippen molar-refractivity contribution in [1.29, 1.82) is 0 Å². The molecule has 0 radical (unpaired) electrons. The second kappa shape index (κ2) is 4.61. The summed E-state index contributed by atoms with van der Waals surface area (Å²) in [6.45, 7) is 0. The lowest BCUT2D eigenvalue weighted by Gasteiger charge is -2.06. The number of carbonyl (C=O) groups is 1. The monoisotopic (exact) mass is 273 g/mol. The maximum Gasteiger partial charge on any atom is 0.338 e. The molecule has 1 N–H and O–H groups in total. The molecule has 0 saturated carbocycles. The zero-order chi connectivity index (χ0) is 14.1. The van der Waals surface area contributed by atoms with Gasteiger partial charge in [-0.3, -0.25) is 0 Å². The zero-order valence-corrected chi connectivity index (χ0v) is 10.0. The summed E-state index contributed by atoms with van der Waals surface area (Å²) in [5.41, 5.74) is 0.211. The second-order valence-electron chi connectivity index (χ2n) is 3.94. The first kappa shape index (κ1) is 12.1. The van der Waals surface area contributed by atoms with E-state index in [1.54, 1.807) is 23.0 Å². The van der Waals surface area contributed by atoms with Crippen LogP contribution in [0.2, 0.25) is 0 Å². The second-order valence-corrected chi connectivity index (χ2v) is 3.94. The van der Waals surface area contributed by atoms with Crippen molar-refractivity contribution in [2.45, 2.75) is 0 Å². The maximum absolute atomic E-state index is 13.6. The fourth-order valence-corrected chi connectivity index (χ4v) is 1.76. The molecular weight excluding hydrogens is 265 g/mol. The summed E-state index contributed by atoms with van der Waals surface area (Å²) in [7, 11) is 0. The number of hydrogen-bond acceptors (Lipinski definition) is 4. The van der Waals surface area contributed by atoms with Crippen molar-refractivity contribution in [2.24, 2.45) is 0 Å². The number of hydrogen-bond donors (Lipinski definition) is 1. The largest absolute Gasteiger partial charge is 0.478 e. The zero-order valence-electron chi connectivity index (χ0n) is 10.0. The van der Waals surface area contributed by atoms with E-state index < -0.39 is 17.3 Å². The molecule has 20 heavy (non-hydrogen) atoms. The minimum atomic E-state index is -1.33. The molecule has 7 heteroatoms. The van der Waals surface area contributed by atoms with Crippen molar-refractivity contribution in [2.75, 3.05) is 0 Å². The number of halogens is 1. The highest BCUT2D eigenvalue weighted by Crippen LogP contribution is 2.25. The number of ether oxygens (including phenoxy) is 1. The van der Waals surface area contributed by atoms with Gasteiger partial charge in [0.1, 0.15) is 17.1 Å². The van der Waals surface area contributed by atoms with Gasteiger partial charge in [0, 0.05) is 18.5 Å². The van der Waals surface area contributed by atoms with Gasteiger partial charge in [-0.15, -0.1) is 0 Å². The van der Waals surface area contributed by atoms with Gasteiger partial charge in [0.05, 0.1) is 11.8 Å². The van der Waals surface area contributed by atoms with Gasteiger partial charge in [0.15, 0.2) is 0 Å². The van der Waals surface area contributed by atoms with Crippen LogP contribution in [0.15, 0.2) is 42.9 Å². The van der Waals surface area contributed by atoms with Crippen molar-refractivity contribution in [1.82, 2.24) is 14.6 Å². The van der Waals surface area contributed by atoms with Crippen LogP contribution in [0.1, 0.15) is 10.4 Å². The lowest BCUT2D eigenvalue weighted by atomic mass is 10.2. The number of rotatable bonds is 3. The predicted octanol–water partition coefficient (Wildman–Crippen LogP) is 2.36. The van der Waals surface area contributed by atoms with Gasteiger partial charge < -0.3 is 9.84 Å². The van der Waals surface area contributed by atoms with Gasteiger partial charge in [-0.25, -0.2) is 18.7 Å². The molecule has 0 saturated heterocycles. The van der Waals surface area contributed by atoms with Crippen LogP contribution in [0.5, 0.6) is 11.6 Å². The van der Waals surface area contributed by atoms with E-state index in [0.29, 0.717) is 5.52 Å². The van der Waals surface area contributed by atoms with Crippen molar-refractivity contribution < 1.29 is 19.0 Å². The van der Waals surface area contributed by atoms with Crippen LogP contribution >= 0.6 is 0 Å². The van der Waals surface area contributed by atoms with Crippen LogP contribution in [0.25, 0.3) is 5.52 Å². The average Bonchev–Trinajstić information content (AvgIpc) is 2.87. The number of nitrogens with zero attached hydrogens (tertiary/aromatic N) is 3. The Balaban J connectivity index is 1.97. The highest BCUT2D eigenvalue weighted by molar-refractivity contribution is 5.88. The minimum Gasteiger partial charge on any atom is -0.478 e. The van der Waals surface area contributed by atoms with E-state index in [4.69, 9.17) is 9.84 Å². The molecule has 0 bridgehead atoms. The molecular formula is C13H8FN3O3. The summed E-state index contributed by atoms with van der Waals surface area (Å²) < 4.78 is 20.6. The molecule has 0 unspecified atom stereocenters. The van der Waals surface area contributed by atoms with Gasteiger partial charge in [0.25, 0.3) is 0 Å². The molecule has 0 fully saturated rings. The Labute approximate surface area is 112 Å². The Hall–Kier alpha value is -2.96. The van der Waals surface area contributed by atoms with E-state index in [2.05, 4.69) is 10.1 Å². The van der Waals surface area contributed by atoms with E-state index in [1.807, 2.05) is 0 Å². The van der Waals surface area contributed by atoms with Crippen LogP contribution in [-0.2, 0) is 0 Å². The average molecular weight is 273 g/mol. The fraction of sp³-hybridized carbons (Fsp3) is 0. The van der Waals surface area contributed by atoms with E-state index in [9.17, 15) is 9.18 Å². The first-order chi connectivity index (χ1) is 9.65.